The molecule has 0 N–H and O–H groups in total. The minimum Gasteiger partial charge on any atom is -0.309 e. The van der Waals surface area contributed by atoms with E-state index >= 15 is 0 Å². The van der Waals surface area contributed by atoms with Crippen LogP contribution < -0.4 is 5.56 Å². The summed E-state index contributed by atoms with van der Waals surface area (Å²) in [5.74, 6) is 0. The molecule has 0 bridgehead atoms. The number of aromatic nitrogens is 2. The summed E-state index contributed by atoms with van der Waals surface area (Å²) < 4.78 is 2.21. The standard InChI is InChI=1S/C15H11BrN2O/c16-13-5-3-9-18(15(13)19)10-12-8-7-11-4-1-2-6-14(11)17-12/h1-9H,10H2. The van der Waals surface area contributed by atoms with Gasteiger partial charge in [-0.1, -0.05) is 24.3 Å². The first-order chi connectivity index (χ1) is 9.24. The van der Waals surface area contributed by atoms with Crippen LogP contribution in [0.2, 0.25) is 0 Å². The summed E-state index contributed by atoms with van der Waals surface area (Å²) >= 11 is 3.25. The zero-order valence-electron chi connectivity index (χ0n) is 10.1. The van der Waals surface area contributed by atoms with Crippen LogP contribution >= 0.6 is 15.9 Å². The normalized spacial score (nSPS) is 10.8. The number of rotatable bonds is 2. The van der Waals surface area contributed by atoms with Gasteiger partial charge in [0.2, 0.25) is 0 Å². The van der Waals surface area contributed by atoms with E-state index in [0.717, 1.165) is 16.6 Å². The van der Waals surface area contributed by atoms with Crippen molar-refractivity contribution in [3.05, 3.63) is 75.2 Å². The van der Waals surface area contributed by atoms with Crippen LogP contribution in [0.4, 0.5) is 0 Å². The van der Waals surface area contributed by atoms with Gasteiger partial charge in [0.05, 0.1) is 22.2 Å². The minimum atomic E-state index is -0.0440. The molecule has 0 aliphatic heterocycles. The van der Waals surface area contributed by atoms with Crippen LogP contribution in [0.5, 0.6) is 0 Å². The average Bonchev–Trinajstić information content (AvgIpc) is 2.44. The lowest BCUT2D eigenvalue weighted by Gasteiger charge is -2.06. The number of hydrogen-bond acceptors (Lipinski definition) is 2. The Bertz CT molecular complexity index is 795. The Hall–Kier alpha value is -1.94. The van der Waals surface area contributed by atoms with Crippen molar-refractivity contribution >= 4 is 26.8 Å². The van der Waals surface area contributed by atoms with Gasteiger partial charge < -0.3 is 4.57 Å². The van der Waals surface area contributed by atoms with Crippen molar-refractivity contribution in [2.24, 2.45) is 0 Å². The monoisotopic (exact) mass is 314 g/mol. The van der Waals surface area contributed by atoms with Gasteiger partial charge in [0.15, 0.2) is 0 Å². The molecular formula is C15H11BrN2O. The van der Waals surface area contributed by atoms with Gasteiger partial charge >= 0.3 is 0 Å². The van der Waals surface area contributed by atoms with E-state index in [1.165, 1.54) is 0 Å². The maximum atomic E-state index is 11.9. The molecule has 0 radical (unpaired) electrons. The summed E-state index contributed by atoms with van der Waals surface area (Å²) in [5.41, 5.74) is 1.78. The highest BCUT2D eigenvalue weighted by atomic mass is 79.9. The Morgan fingerprint density at radius 1 is 1.05 bits per heavy atom. The molecule has 3 nitrogen and oxygen atoms in total. The van der Waals surface area contributed by atoms with Crippen molar-refractivity contribution in [3.8, 4) is 0 Å². The molecular weight excluding hydrogens is 304 g/mol. The average molecular weight is 315 g/mol. The lowest BCUT2D eigenvalue weighted by Crippen LogP contribution is -2.20. The van der Waals surface area contributed by atoms with Gasteiger partial charge in [0.25, 0.3) is 5.56 Å². The second-order valence-corrected chi connectivity index (χ2v) is 5.14. The summed E-state index contributed by atoms with van der Waals surface area (Å²) in [4.78, 5) is 16.5. The summed E-state index contributed by atoms with van der Waals surface area (Å²) in [7, 11) is 0. The third kappa shape index (κ3) is 2.44. The quantitative estimate of drug-likeness (QED) is 0.728. The molecule has 0 spiro atoms. The summed E-state index contributed by atoms with van der Waals surface area (Å²) in [6, 6.07) is 15.5. The van der Waals surface area contributed by atoms with Gasteiger partial charge in [-0.25, -0.2) is 0 Å². The van der Waals surface area contributed by atoms with Crippen LogP contribution in [0.1, 0.15) is 5.69 Å². The van der Waals surface area contributed by atoms with Gasteiger partial charge in [-0.15, -0.1) is 0 Å². The molecule has 1 aromatic carbocycles. The van der Waals surface area contributed by atoms with Crippen LogP contribution in [0.3, 0.4) is 0 Å². The van der Waals surface area contributed by atoms with E-state index in [-0.39, 0.29) is 5.56 Å². The molecule has 0 fully saturated rings. The Morgan fingerprint density at radius 2 is 1.89 bits per heavy atom. The van der Waals surface area contributed by atoms with E-state index in [1.54, 1.807) is 16.8 Å². The second kappa shape index (κ2) is 4.97. The van der Waals surface area contributed by atoms with Crippen LogP contribution in [0.15, 0.2) is 64.0 Å². The summed E-state index contributed by atoms with van der Waals surface area (Å²) in [6.07, 6.45) is 1.77. The van der Waals surface area contributed by atoms with Crippen LogP contribution in [0.25, 0.3) is 10.9 Å². The first-order valence-corrected chi connectivity index (χ1v) is 6.73. The van der Waals surface area contributed by atoms with Crippen LogP contribution in [0, 0.1) is 0 Å². The molecule has 0 unspecified atom stereocenters. The fourth-order valence-corrected chi connectivity index (χ4v) is 2.38. The van der Waals surface area contributed by atoms with Gasteiger partial charge in [-0.3, -0.25) is 9.78 Å². The van der Waals surface area contributed by atoms with Gasteiger partial charge in [-0.2, -0.15) is 0 Å². The summed E-state index contributed by atoms with van der Waals surface area (Å²) in [5, 5.41) is 1.10. The molecule has 4 heteroatoms. The number of fused-ring (bicyclic) bond motifs is 1. The van der Waals surface area contributed by atoms with E-state index < -0.39 is 0 Å². The molecule has 0 amide bonds. The molecule has 0 saturated heterocycles. The highest BCUT2D eigenvalue weighted by Gasteiger charge is 2.03. The Balaban J connectivity index is 2.01. The molecule has 2 aromatic heterocycles. The zero-order valence-corrected chi connectivity index (χ0v) is 11.7. The maximum Gasteiger partial charge on any atom is 0.265 e. The van der Waals surface area contributed by atoms with Crippen molar-refractivity contribution < 1.29 is 0 Å². The SMILES string of the molecule is O=c1c(Br)cccn1Cc1ccc2ccccc2n1. The number of halogens is 1. The molecule has 0 aliphatic rings. The Labute approximate surface area is 118 Å². The van der Waals surface area contributed by atoms with Crippen molar-refractivity contribution in [2.45, 2.75) is 6.54 Å². The van der Waals surface area contributed by atoms with Crippen molar-refractivity contribution in [1.82, 2.24) is 9.55 Å². The molecule has 0 atom stereocenters. The molecule has 0 aliphatic carbocycles. The van der Waals surface area contributed by atoms with Gasteiger partial charge in [0, 0.05) is 11.6 Å². The topological polar surface area (TPSA) is 34.9 Å². The van der Waals surface area contributed by atoms with E-state index in [9.17, 15) is 4.79 Å². The third-order valence-corrected chi connectivity index (χ3v) is 3.57. The van der Waals surface area contributed by atoms with Crippen LogP contribution in [-0.4, -0.2) is 9.55 Å². The second-order valence-electron chi connectivity index (χ2n) is 4.28. The third-order valence-electron chi connectivity index (χ3n) is 2.96. The van der Waals surface area contributed by atoms with E-state index in [2.05, 4.69) is 20.9 Å². The number of hydrogen-bond donors (Lipinski definition) is 0. The summed E-state index contributed by atoms with van der Waals surface area (Å²) in [6.45, 7) is 0.475. The van der Waals surface area contributed by atoms with E-state index in [4.69, 9.17) is 0 Å². The van der Waals surface area contributed by atoms with Crippen molar-refractivity contribution in [1.29, 1.82) is 0 Å². The van der Waals surface area contributed by atoms with Crippen LogP contribution in [-0.2, 0) is 6.54 Å². The fraction of sp³-hybridized carbons (Fsp3) is 0.0667. The van der Waals surface area contributed by atoms with Crippen molar-refractivity contribution in [2.75, 3.05) is 0 Å². The molecule has 2 heterocycles. The highest BCUT2D eigenvalue weighted by Crippen LogP contribution is 2.12. The predicted molar refractivity (Wildman–Crippen MR) is 79.2 cm³/mol. The molecule has 94 valence electrons. The predicted octanol–water partition coefficient (Wildman–Crippen LogP) is 3.21. The fourth-order valence-electron chi connectivity index (χ4n) is 2.00. The Kier molecular flexibility index (Phi) is 3.17. The minimum absolute atomic E-state index is 0.0440. The highest BCUT2D eigenvalue weighted by molar-refractivity contribution is 9.10. The molecule has 19 heavy (non-hydrogen) atoms. The number of benzene rings is 1. The smallest absolute Gasteiger partial charge is 0.265 e. The largest absolute Gasteiger partial charge is 0.309 e. The van der Waals surface area contributed by atoms with Gasteiger partial charge in [-0.05, 0) is 40.2 Å². The first-order valence-electron chi connectivity index (χ1n) is 5.94. The first kappa shape index (κ1) is 12.1. The Morgan fingerprint density at radius 3 is 2.79 bits per heavy atom. The van der Waals surface area contributed by atoms with E-state index in [1.807, 2.05) is 42.5 Å². The molecule has 3 rings (SSSR count). The lowest BCUT2D eigenvalue weighted by molar-refractivity contribution is 0.738. The maximum absolute atomic E-state index is 11.9. The van der Waals surface area contributed by atoms with Gasteiger partial charge in [0.1, 0.15) is 0 Å². The van der Waals surface area contributed by atoms with Crippen molar-refractivity contribution in [3.63, 3.8) is 0 Å². The molecule has 3 aromatic rings. The zero-order chi connectivity index (χ0) is 13.2. The van der Waals surface area contributed by atoms with E-state index in [0.29, 0.717) is 11.0 Å². The number of nitrogens with zero attached hydrogens (tertiary/aromatic N) is 2. The number of para-hydroxylation sites is 1. The lowest BCUT2D eigenvalue weighted by atomic mass is 10.2. The molecule has 0 saturated carbocycles. The number of pyridine rings is 2.